The first-order chi connectivity index (χ1) is 9.10. The zero-order chi connectivity index (χ0) is 15.6. The van der Waals surface area contributed by atoms with Crippen LogP contribution >= 0.6 is 0 Å². The molecule has 0 fully saturated rings. The smallest absolute Gasteiger partial charge is 0.207 e. The van der Waals surface area contributed by atoms with Gasteiger partial charge in [-0.15, -0.1) is 0 Å². The van der Waals surface area contributed by atoms with Crippen LogP contribution in [0.4, 0.5) is 13.2 Å². The Labute approximate surface area is 115 Å². The Morgan fingerprint density at radius 1 is 1.40 bits per heavy atom. The third kappa shape index (κ3) is 3.49. The maximum absolute atomic E-state index is 12.6. The summed E-state index contributed by atoms with van der Waals surface area (Å²) in [7, 11) is -2.83. The van der Waals surface area contributed by atoms with E-state index in [1.165, 1.54) is 14.0 Å². The Morgan fingerprint density at radius 2 is 2.00 bits per heavy atom. The molecule has 4 nitrogen and oxygen atoms in total. The number of hydrogen-bond acceptors (Lipinski definition) is 3. The van der Waals surface area contributed by atoms with Crippen molar-refractivity contribution in [3.63, 3.8) is 0 Å². The Bertz CT molecular complexity index is 620. The second kappa shape index (κ2) is 5.81. The molecule has 1 unspecified atom stereocenters. The number of alkyl halides is 3. The molecule has 1 aromatic carbocycles. The molecule has 0 spiro atoms. The Morgan fingerprint density at radius 3 is 2.50 bits per heavy atom. The summed E-state index contributed by atoms with van der Waals surface area (Å²) >= 11 is 0. The highest BCUT2D eigenvalue weighted by molar-refractivity contribution is 7.89. The lowest BCUT2D eigenvalue weighted by atomic mass is 10.2. The molecule has 0 radical (unpaired) electrons. The normalized spacial score (nSPS) is 14.1. The minimum Gasteiger partial charge on any atom is -0.207 e. The van der Waals surface area contributed by atoms with Gasteiger partial charge in [0.1, 0.15) is 0 Å². The van der Waals surface area contributed by atoms with Crippen molar-refractivity contribution in [2.45, 2.75) is 30.5 Å². The molecule has 0 heterocycles. The number of halogens is 3. The fourth-order valence-corrected chi connectivity index (χ4v) is 2.90. The van der Waals surface area contributed by atoms with E-state index in [-0.39, 0.29) is 6.42 Å². The number of hydrogen-bond donors (Lipinski definition) is 0. The highest BCUT2D eigenvalue weighted by Crippen LogP contribution is 2.31. The summed E-state index contributed by atoms with van der Waals surface area (Å²) in [5.74, 6) is 0. The van der Waals surface area contributed by atoms with Gasteiger partial charge in [0.05, 0.1) is 22.9 Å². The molecule has 0 aliphatic heterocycles. The van der Waals surface area contributed by atoms with Gasteiger partial charge in [0.25, 0.3) is 0 Å². The molecule has 0 aliphatic carbocycles. The van der Waals surface area contributed by atoms with Crippen LogP contribution in [-0.4, -0.2) is 25.8 Å². The molecular formula is C12H13F3N2O2S. The third-order valence-corrected chi connectivity index (χ3v) is 4.81. The summed E-state index contributed by atoms with van der Waals surface area (Å²) < 4.78 is 63.0. The molecule has 0 saturated carbocycles. The number of sulfonamides is 1. The molecule has 1 rings (SSSR count). The van der Waals surface area contributed by atoms with Crippen LogP contribution in [0.3, 0.4) is 0 Å². The molecule has 1 atom stereocenters. The van der Waals surface area contributed by atoms with Crippen molar-refractivity contribution in [3.8, 4) is 6.07 Å². The number of rotatable bonds is 4. The van der Waals surface area contributed by atoms with Crippen LogP contribution in [0.2, 0.25) is 0 Å². The van der Waals surface area contributed by atoms with E-state index >= 15 is 0 Å². The average molecular weight is 306 g/mol. The van der Waals surface area contributed by atoms with Crippen LogP contribution in [0, 0.1) is 11.3 Å². The molecule has 1 aromatic rings. The molecule has 8 heteroatoms. The average Bonchev–Trinajstić information content (AvgIpc) is 2.37. The fraction of sp³-hybridized carbons (Fsp3) is 0.417. The van der Waals surface area contributed by atoms with E-state index in [1.54, 1.807) is 0 Å². The fourth-order valence-electron chi connectivity index (χ4n) is 1.50. The van der Waals surface area contributed by atoms with E-state index in [0.717, 1.165) is 22.5 Å². The van der Waals surface area contributed by atoms with Crippen LogP contribution in [-0.2, 0) is 16.2 Å². The van der Waals surface area contributed by atoms with E-state index in [0.29, 0.717) is 6.07 Å². The van der Waals surface area contributed by atoms with Gasteiger partial charge >= 0.3 is 6.18 Å². The predicted octanol–water partition coefficient (Wildman–Crippen LogP) is 2.63. The van der Waals surface area contributed by atoms with Crippen LogP contribution in [0.15, 0.2) is 29.2 Å². The highest BCUT2D eigenvalue weighted by atomic mass is 32.2. The van der Waals surface area contributed by atoms with Crippen molar-refractivity contribution < 1.29 is 21.6 Å². The quantitative estimate of drug-likeness (QED) is 0.859. The lowest BCUT2D eigenvalue weighted by Crippen LogP contribution is -2.35. The first-order valence-electron chi connectivity index (χ1n) is 5.63. The number of nitriles is 1. The molecule has 0 N–H and O–H groups in total. The lowest BCUT2D eigenvalue weighted by Gasteiger charge is -2.22. The van der Waals surface area contributed by atoms with Crippen molar-refractivity contribution in [3.05, 3.63) is 29.8 Å². The van der Waals surface area contributed by atoms with Crippen molar-refractivity contribution in [2.75, 3.05) is 7.05 Å². The first kappa shape index (κ1) is 16.5. The standard InChI is InChI=1S/C12H13F3N2O2S/c1-9(6-7-16)17(2)20(18,19)11-5-3-4-10(8-11)12(13,14)15/h3-5,8-9H,6H2,1-2H3. The van der Waals surface area contributed by atoms with E-state index in [1.807, 2.05) is 6.07 Å². The zero-order valence-electron chi connectivity index (χ0n) is 10.8. The summed E-state index contributed by atoms with van der Waals surface area (Å²) in [5.41, 5.74) is -1.03. The zero-order valence-corrected chi connectivity index (χ0v) is 11.7. The van der Waals surface area contributed by atoms with Crippen LogP contribution in [0.1, 0.15) is 18.9 Å². The van der Waals surface area contributed by atoms with Crippen molar-refractivity contribution >= 4 is 10.0 Å². The summed E-state index contributed by atoms with van der Waals surface area (Å²) in [6.45, 7) is 1.51. The number of nitrogens with zero attached hydrogens (tertiary/aromatic N) is 2. The summed E-state index contributed by atoms with van der Waals surface area (Å²) in [6.07, 6.45) is -4.66. The minimum absolute atomic E-state index is 0.0469. The Hall–Kier alpha value is -1.59. The Kier molecular flexibility index (Phi) is 4.78. The van der Waals surface area contributed by atoms with E-state index in [2.05, 4.69) is 0 Å². The SMILES string of the molecule is CC(CC#N)N(C)S(=O)(=O)c1cccc(C(F)(F)F)c1. The van der Waals surface area contributed by atoms with Crippen molar-refractivity contribution in [1.29, 1.82) is 5.26 Å². The van der Waals surface area contributed by atoms with Gasteiger partial charge in [-0.25, -0.2) is 8.42 Å². The van der Waals surface area contributed by atoms with Gasteiger partial charge in [-0.3, -0.25) is 0 Å². The maximum Gasteiger partial charge on any atom is 0.416 e. The predicted molar refractivity (Wildman–Crippen MR) is 66.1 cm³/mol. The molecule has 0 aliphatic rings. The van der Waals surface area contributed by atoms with Gasteiger partial charge in [-0.2, -0.15) is 22.7 Å². The van der Waals surface area contributed by atoms with E-state index in [4.69, 9.17) is 5.26 Å². The van der Waals surface area contributed by atoms with Gasteiger partial charge < -0.3 is 0 Å². The molecular weight excluding hydrogens is 293 g/mol. The summed E-state index contributed by atoms with van der Waals surface area (Å²) in [4.78, 5) is -0.445. The second-order valence-electron chi connectivity index (χ2n) is 4.26. The molecule has 20 heavy (non-hydrogen) atoms. The van der Waals surface area contributed by atoms with E-state index < -0.39 is 32.7 Å². The molecule has 0 aromatic heterocycles. The topological polar surface area (TPSA) is 61.2 Å². The molecule has 0 saturated heterocycles. The van der Waals surface area contributed by atoms with Gasteiger partial charge in [0.2, 0.25) is 10.0 Å². The minimum atomic E-state index is -4.61. The highest BCUT2D eigenvalue weighted by Gasteiger charge is 2.33. The van der Waals surface area contributed by atoms with Gasteiger partial charge in [0, 0.05) is 13.1 Å². The number of benzene rings is 1. The molecule has 0 amide bonds. The van der Waals surface area contributed by atoms with Gasteiger partial charge in [-0.1, -0.05) is 6.07 Å². The molecule has 110 valence electrons. The van der Waals surface area contributed by atoms with Crippen LogP contribution < -0.4 is 0 Å². The largest absolute Gasteiger partial charge is 0.416 e. The van der Waals surface area contributed by atoms with E-state index in [9.17, 15) is 21.6 Å². The van der Waals surface area contributed by atoms with Crippen LogP contribution in [0.5, 0.6) is 0 Å². The molecule has 0 bridgehead atoms. The lowest BCUT2D eigenvalue weighted by molar-refractivity contribution is -0.137. The summed E-state index contributed by atoms with van der Waals surface area (Å²) in [6, 6.07) is 4.73. The van der Waals surface area contributed by atoms with Gasteiger partial charge in [0.15, 0.2) is 0 Å². The van der Waals surface area contributed by atoms with Crippen molar-refractivity contribution in [2.24, 2.45) is 0 Å². The van der Waals surface area contributed by atoms with Crippen molar-refractivity contribution in [1.82, 2.24) is 4.31 Å². The second-order valence-corrected chi connectivity index (χ2v) is 6.26. The van der Waals surface area contributed by atoms with Crippen LogP contribution in [0.25, 0.3) is 0 Å². The third-order valence-electron chi connectivity index (χ3n) is 2.85. The maximum atomic E-state index is 12.6. The first-order valence-corrected chi connectivity index (χ1v) is 7.07. The monoisotopic (exact) mass is 306 g/mol. The summed E-state index contributed by atoms with van der Waals surface area (Å²) in [5, 5.41) is 8.55. The Balaban J connectivity index is 3.20. The van der Waals surface area contributed by atoms with Gasteiger partial charge in [-0.05, 0) is 25.1 Å².